The molecule has 0 spiro atoms. The summed E-state index contributed by atoms with van der Waals surface area (Å²) >= 11 is 0. The van der Waals surface area contributed by atoms with Crippen LogP contribution in [0.5, 0.6) is 0 Å². The van der Waals surface area contributed by atoms with Crippen molar-refractivity contribution in [2.45, 2.75) is 31.6 Å². The third kappa shape index (κ3) is 4.28. The molecular formula is C15H15BF2O5. The first kappa shape index (κ1) is 17.4. The minimum atomic E-state index is -2.84. The third-order valence-electron chi connectivity index (χ3n) is 3.45. The molecule has 0 unspecified atom stereocenters. The fraction of sp³-hybridized carbons (Fsp3) is 0.467. The molecule has 0 amide bonds. The monoisotopic (exact) mass is 324 g/mol. The maximum atomic E-state index is 13.2. The molecule has 1 saturated heterocycles. The zero-order valence-corrected chi connectivity index (χ0v) is 12.4. The molecule has 8 heteroatoms. The molecule has 0 aliphatic carbocycles. The second-order valence-corrected chi connectivity index (χ2v) is 5.09. The number of carbonyl (C=O) groups excluding carboxylic acids is 2. The molecule has 1 fully saturated rings. The Hall–Kier alpha value is -1.96. The van der Waals surface area contributed by atoms with Crippen molar-refractivity contribution in [3.8, 4) is 0 Å². The van der Waals surface area contributed by atoms with Crippen LogP contribution in [0.1, 0.15) is 17.3 Å². The summed E-state index contributed by atoms with van der Waals surface area (Å²) in [6, 6.07) is 6.91. The van der Waals surface area contributed by atoms with Gasteiger partial charge in [0.2, 0.25) is 6.43 Å². The molecule has 1 aliphatic heterocycles. The van der Waals surface area contributed by atoms with E-state index in [1.54, 1.807) is 18.2 Å². The molecule has 2 radical (unpaired) electrons. The zero-order valence-electron chi connectivity index (χ0n) is 12.4. The van der Waals surface area contributed by atoms with Crippen molar-refractivity contribution in [3.05, 3.63) is 35.9 Å². The van der Waals surface area contributed by atoms with E-state index in [0.717, 1.165) is 6.92 Å². The Labute approximate surface area is 133 Å². The third-order valence-corrected chi connectivity index (χ3v) is 3.45. The highest BCUT2D eigenvalue weighted by Gasteiger charge is 2.49. The van der Waals surface area contributed by atoms with Crippen LogP contribution in [0, 0.1) is 5.92 Å². The smallest absolute Gasteiger partial charge is 0.338 e. The van der Waals surface area contributed by atoms with E-state index in [1.165, 1.54) is 12.1 Å². The van der Waals surface area contributed by atoms with E-state index in [2.05, 4.69) is 0 Å². The van der Waals surface area contributed by atoms with Gasteiger partial charge in [-0.25, -0.2) is 13.6 Å². The number of benzene rings is 1. The van der Waals surface area contributed by atoms with Crippen molar-refractivity contribution >= 4 is 19.8 Å². The number of halogens is 2. The van der Waals surface area contributed by atoms with Crippen LogP contribution in [0.25, 0.3) is 0 Å². The van der Waals surface area contributed by atoms with E-state index < -0.39 is 49.1 Å². The molecule has 2 rings (SSSR count). The van der Waals surface area contributed by atoms with Crippen LogP contribution in [0.2, 0.25) is 0 Å². The van der Waals surface area contributed by atoms with Crippen LogP contribution in [-0.4, -0.2) is 51.0 Å². The van der Waals surface area contributed by atoms with E-state index in [4.69, 9.17) is 22.1 Å². The van der Waals surface area contributed by atoms with Gasteiger partial charge >= 0.3 is 11.9 Å². The van der Waals surface area contributed by atoms with Crippen LogP contribution in [0.15, 0.2) is 30.3 Å². The SMILES string of the molecule is [B][C@@H]1O[C@H](COC(=O)c2ccccc2)[C@@H](C(F)F)[C@H]1OC(C)=O. The number of esters is 2. The summed E-state index contributed by atoms with van der Waals surface area (Å²) in [5, 5.41) is 0. The molecule has 0 saturated carbocycles. The lowest BCUT2D eigenvalue weighted by Gasteiger charge is -2.22. The van der Waals surface area contributed by atoms with E-state index >= 15 is 0 Å². The Kier molecular flexibility index (Phi) is 5.71. The Morgan fingerprint density at radius 3 is 2.52 bits per heavy atom. The normalized spacial score (nSPS) is 27.0. The van der Waals surface area contributed by atoms with Gasteiger partial charge in [-0.1, -0.05) is 18.2 Å². The molecule has 0 bridgehead atoms. The van der Waals surface area contributed by atoms with Crippen LogP contribution in [0.3, 0.4) is 0 Å². The minimum Gasteiger partial charge on any atom is -0.460 e. The van der Waals surface area contributed by atoms with Gasteiger partial charge in [0.1, 0.15) is 26.7 Å². The molecule has 4 atom stereocenters. The zero-order chi connectivity index (χ0) is 17.0. The first-order chi connectivity index (χ1) is 10.9. The fourth-order valence-corrected chi connectivity index (χ4v) is 2.41. The molecule has 5 nitrogen and oxygen atoms in total. The molecule has 1 aromatic carbocycles. The average molecular weight is 324 g/mol. The van der Waals surface area contributed by atoms with Gasteiger partial charge in [0, 0.05) is 6.92 Å². The lowest BCUT2D eigenvalue weighted by Crippen LogP contribution is -2.38. The van der Waals surface area contributed by atoms with Crippen LogP contribution >= 0.6 is 0 Å². The quantitative estimate of drug-likeness (QED) is 0.607. The summed E-state index contributed by atoms with van der Waals surface area (Å²) in [5.41, 5.74) is 0.292. The number of carbonyl (C=O) groups is 2. The highest BCUT2D eigenvalue weighted by Crippen LogP contribution is 2.33. The van der Waals surface area contributed by atoms with Gasteiger partial charge < -0.3 is 14.2 Å². The van der Waals surface area contributed by atoms with E-state index in [-0.39, 0.29) is 0 Å². The summed E-state index contributed by atoms with van der Waals surface area (Å²) in [5.74, 6) is -2.86. The van der Waals surface area contributed by atoms with Gasteiger partial charge in [0.25, 0.3) is 0 Å². The predicted octanol–water partition coefficient (Wildman–Crippen LogP) is 1.55. The summed E-state index contributed by atoms with van der Waals surface area (Å²) < 4.78 is 41.5. The maximum absolute atomic E-state index is 13.2. The summed E-state index contributed by atoms with van der Waals surface area (Å²) in [7, 11) is 5.59. The maximum Gasteiger partial charge on any atom is 0.338 e. The molecule has 0 N–H and O–H groups in total. The van der Waals surface area contributed by atoms with Crippen molar-refractivity contribution in [1.82, 2.24) is 0 Å². The van der Waals surface area contributed by atoms with Gasteiger partial charge in [0.05, 0.1) is 17.5 Å². The second kappa shape index (κ2) is 7.54. The molecule has 122 valence electrons. The van der Waals surface area contributed by atoms with Gasteiger partial charge in [-0.3, -0.25) is 4.79 Å². The van der Waals surface area contributed by atoms with Crippen molar-refractivity contribution in [1.29, 1.82) is 0 Å². The van der Waals surface area contributed by atoms with Crippen molar-refractivity contribution in [3.63, 3.8) is 0 Å². The van der Waals surface area contributed by atoms with Gasteiger partial charge in [-0.2, -0.15) is 0 Å². The standard InChI is InChI=1S/C15H15BF2O5/c1-8(19)22-12-11(14(17)18)10(23-13(12)16)7-21-15(20)9-5-3-2-4-6-9/h2-6,10-14H,7H2,1H3/t10-,11-,12-,13-/m1/s1. The van der Waals surface area contributed by atoms with Crippen LogP contribution < -0.4 is 0 Å². The fourth-order valence-electron chi connectivity index (χ4n) is 2.41. The highest BCUT2D eigenvalue weighted by atomic mass is 19.3. The van der Waals surface area contributed by atoms with Crippen molar-refractivity contribution in [2.24, 2.45) is 5.92 Å². The number of alkyl halides is 2. The second-order valence-electron chi connectivity index (χ2n) is 5.09. The van der Waals surface area contributed by atoms with Crippen LogP contribution in [0.4, 0.5) is 8.78 Å². The number of rotatable bonds is 5. The van der Waals surface area contributed by atoms with Crippen LogP contribution in [-0.2, 0) is 19.0 Å². The molecule has 23 heavy (non-hydrogen) atoms. The summed E-state index contributed by atoms with van der Waals surface area (Å²) in [6.45, 7) is 0.687. The Bertz CT molecular complexity index is 554. The lowest BCUT2D eigenvalue weighted by molar-refractivity contribution is -0.151. The Morgan fingerprint density at radius 2 is 1.96 bits per heavy atom. The highest BCUT2D eigenvalue weighted by molar-refractivity contribution is 6.11. The number of hydrogen-bond donors (Lipinski definition) is 0. The Balaban J connectivity index is 2.01. The number of ether oxygens (including phenoxy) is 3. The van der Waals surface area contributed by atoms with E-state index in [9.17, 15) is 18.4 Å². The average Bonchev–Trinajstić information content (AvgIpc) is 2.81. The van der Waals surface area contributed by atoms with Crippen molar-refractivity contribution < 1.29 is 32.6 Å². The van der Waals surface area contributed by atoms with E-state index in [0.29, 0.717) is 5.56 Å². The largest absolute Gasteiger partial charge is 0.460 e. The Morgan fingerprint density at radius 1 is 1.30 bits per heavy atom. The first-order valence-corrected chi connectivity index (χ1v) is 6.98. The molecular weight excluding hydrogens is 309 g/mol. The van der Waals surface area contributed by atoms with Crippen molar-refractivity contribution in [2.75, 3.05) is 6.61 Å². The predicted molar refractivity (Wildman–Crippen MR) is 76.2 cm³/mol. The number of hydrogen-bond acceptors (Lipinski definition) is 5. The van der Waals surface area contributed by atoms with E-state index in [1.807, 2.05) is 0 Å². The topological polar surface area (TPSA) is 61.8 Å². The molecule has 0 aromatic heterocycles. The van der Waals surface area contributed by atoms with Gasteiger partial charge in [0.15, 0.2) is 0 Å². The molecule has 1 heterocycles. The minimum absolute atomic E-state index is 0.292. The van der Waals surface area contributed by atoms with Gasteiger partial charge in [-0.05, 0) is 12.1 Å². The summed E-state index contributed by atoms with van der Waals surface area (Å²) in [6.07, 6.45) is -5.27. The molecule has 1 aromatic rings. The molecule has 1 aliphatic rings. The lowest BCUT2D eigenvalue weighted by atomic mass is 9.87. The first-order valence-electron chi connectivity index (χ1n) is 6.98. The summed E-state index contributed by atoms with van der Waals surface area (Å²) in [4.78, 5) is 22.8. The van der Waals surface area contributed by atoms with Gasteiger partial charge in [-0.15, -0.1) is 0 Å².